The largest absolute Gasteiger partial charge is 0.382 e. The zero-order chi connectivity index (χ0) is 15.6. The zero-order valence-electron chi connectivity index (χ0n) is 14.2. The molecule has 3 nitrogen and oxygen atoms in total. The van der Waals surface area contributed by atoms with E-state index >= 15 is 0 Å². The second-order valence-electron chi connectivity index (χ2n) is 5.64. The van der Waals surface area contributed by atoms with Crippen LogP contribution in [0.25, 0.3) is 0 Å². The van der Waals surface area contributed by atoms with Crippen LogP contribution in [0.3, 0.4) is 0 Å². The first-order valence-corrected chi connectivity index (χ1v) is 10.2. The van der Waals surface area contributed by atoms with Gasteiger partial charge in [-0.25, -0.2) is 0 Å². The van der Waals surface area contributed by atoms with Crippen molar-refractivity contribution in [1.82, 2.24) is 0 Å². The third-order valence-corrected chi connectivity index (χ3v) is 4.98. The molecule has 0 aromatic heterocycles. The third-order valence-electron chi connectivity index (χ3n) is 3.61. The molecular weight excluding hydrogens is 284 g/mol. The molecule has 0 aromatic carbocycles. The second kappa shape index (κ2) is 18.1. The first-order valence-electron chi connectivity index (χ1n) is 8.73. The molecule has 0 amide bonds. The maximum Gasteiger partial charge on any atom is 0.0700 e. The highest BCUT2D eigenvalue weighted by Gasteiger charge is 2.00. The molecule has 0 aliphatic carbocycles. The molecular formula is C17H36O3S. The van der Waals surface area contributed by atoms with E-state index in [1.54, 1.807) is 7.11 Å². The van der Waals surface area contributed by atoms with Gasteiger partial charge < -0.3 is 9.47 Å². The smallest absolute Gasteiger partial charge is 0.0700 e. The van der Waals surface area contributed by atoms with E-state index in [9.17, 15) is 4.21 Å². The van der Waals surface area contributed by atoms with Gasteiger partial charge in [0.05, 0.1) is 19.8 Å². The molecule has 0 saturated carbocycles. The number of ether oxygens (including phenoxy) is 2. The Hall–Kier alpha value is 0.0700. The zero-order valence-corrected chi connectivity index (χ0v) is 15.1. The number of hydrogen-bond donors (Lipinski definition) is 0. The van der Waals surface area contributed by atoms with E-state index in [1.807, 2.05) is 0 Å². The van der Waals surface area contributed by atoms with E-state index < -0.39 is 10.8 Å². The summed E-state index contributed by atoms with van der Waals surface area (Å²) < 4.78 is 21.9. The van der Waals surface area contributed by atoms with Crippen LogP contribution in [0.2, 0.25) is 0 Å². The molecule has 0 radical (unpaired) electrons. The standard InChI is InChI=1S/C17H36O3S/c1-3-4-5-6-7-8-9-10-11-12-16-21(18)17-15-20-14-13-19-2/h3-17H2,1-2H3. The van der Waals surface area contributed by atoms with Gasteiger partial charge >= 0.3 is 0 Å². The molecule has 0 saturated heterocycles. The van der Waals surface area contributed by atoms with Crippen LogP contribution >= 0.6 is 0 Å². The highest BCUT2D eigenvalue weighted by Crippen LogP contribution is 2.10. The van der Waals surface area contributed by atoms with Gasteiger partial charge in [0.1, 0.15) is 0 Å². The molecule has 1 atom stereocenters. The van der Waals surface area contributed by atoms with Crippen LogP contribution in [-0.4, -0.2) is 42.6 Å². The fraction of sp³-hybridized carbons (Fsp3) is 1.00. The van der Waals surface area contributed by atoms with Gasteiger partial charge in [-0.3, -0.25) is 4.21 Å². The molecule has 0 aromatic rings. The summed E-state index contributed by atoms with van der Waals surface area (Å²) >= 11 is 0. The Morgan fingerprint density at radius 2 is 1.29 bits per heavy atom. The van der Waals surface area contributed by atoms with Crippen molar-refractivity contribution >= 4 is 10.8 Å². The van der Waals surface area contributed by atoms with Crippen LogP contribution in [0.1, 0.15) is 71.1 Å². The van der Waals surface area contributed by atoms with E-state index in [0.29, 0.717) is 25.6 Å². The van der Waals surface area contributed by atoms with Gasteiger partial charge in [-0.2, -0.15) is 0 Å². The summed E-state index contributed by atoms with van der Waals surface area (Å²) in [7, 11) is 0.956. The van der Waals surface area contributed by atoms with Crippen molar-refractivity contribution in [2.45, 2.75) is 71.1 Å². The van der Waals surface area contributed by atoms with Crippen LogP contribution in [-0.2, 0) is 20.3 Å². The molecule has 0 rings (SSSR count). The predicted molar refractivity (Wildman–Crippen MR) is 92.4 cm³/mol. The van der Waals surface area contributed by atoms with Crippen LogP contribution in [0.4, 0.5) is 0 Å². The first-order chi connectivity index (χ1) is 10.3. The Balaban J connectivity index is 3.11. The Labute approximate surface area is 134 Å². The average Bonchev–Trinajstić information content (AvgIpc) is 2.49. The predicted octanol–water partition coefficient (Wildman–Crippen LogP) is 4.32. The summed E-state index contributed by atoms with van der Waals surface area (Å²) in [5.41, 5.74) is 0. The van der Waals surface area contributed by atoms with Gasteiger partial charge in [-0.05, 0) is 6.42 Å². The lowest BCUT2D eigenvalue weighted by atomic mass is 10.1. The van der Waals surface area contributed by atoms with Crippen molar-refractivity contribution in [2.24, 2.45) is 0 Å². The van der Waals surface area contributed by atoms with Gasteiger partial charge in [0.25, 0.3) is 0 Å². The van der Waals surface area contributed by atoms with Crippen molar-refractivity contribution in [3.05, 3.63) is 0 Å². The highest BCUT2D eigenvalue weighted by molar-refractivity contribution is 7.84. The number of methoxy groups -OCH3 is 1. The Morgan fingerprint density at radius 1 is 0.714 bits per heavy atom. The quantitative estimate of drug-likeness (QED) is 0.374. The Kier molecular flexibility index (Phi) is 18.2. The van der Waals surface area contributed by atoms with Crippen molar-refractivity contribution in [3.8, 4) is 0 Å². The van der Waals surface area contributed by atoms with Crippen LogP contribution in [0.15, 0.2) is 0 Å². The van der Waals surface area contributed by atoms with E-state index in [1.165, 1.54) is 57.8 Å². The summed E-state index contributed by atoms with van der Waals surface area (Å²) in [6.07, 6.45) is 13.3. The lowest BCUT2D eigenvalue weighted by Crippen LogP contribution is -2.11. The van der Waals surface area contributed by atoms with Gasteiger partial charge in [0.2, 0.25) is 0 Å². The minimum Gasteiger partial charge on any atom is -0.382 e. The molecule has 21 heavy (non-hydrogen) atoms. The fourth-order valence-electron chi connectivity index (χ4n) is 2.25. The van der Waals surface area contributed by atoms with Crippen LogP contribution < -0.4 is 0 Å². The van der Waals surface area contributed by atoms with Crippen LogP contribution in [0.5, 0.6) is 0 Å². The van der Waals surface area contributed by atoms with Crippen molar-refractivity contribution in [1.29, 1.82) is 0 Å². The lowest BCUT2D eigenvalue weighted by molar-refractivity contribution is 0.0787. The summed E-state index contributed by atoms with van der Waals surface area (Å²) in [4.78, 5) is 0. The molecule has 0 N–H and O–H groups in total. The van der Waals surface area contributed by atoms with Crippen molar-refractivity contribution in [3.63, 3.8) is 0 Å². The molecule has 0 aliphatic heterocycles. The summed E-state index contributed by atoms with van der Waals surface area (Å²) in [5, 5.41) is 0. The molecule has 1 unspecified atom stereocenters. The fourth-order valence-corrected chi connectivity index (χ4v) is 3.28. The van der Waals surface area contributed by atoms with Gasteiger partial charge in [-0.1, -0.05) is 64.7 Å². The van der Waals surface area contributed by atoms with Gasteiger partial charge in [0, 0.05) is 29.4 Å². The van der Waals surface area contributed by atoms with Crippen LogP contribution in [0, 0.1) is 0 Å². The molecule has 0 spiro atoms. The molecule has 4 heteroatoms. The minimum atomic E-state index is -0.704. The molecule has 0 fully saturated rings. The molecule has 0 heterocycles. The SMILES string of the molecule is CCCCCCCCCCCCS(=O)CCOCCOC. The second-order valence-corrected chi connectivity index (χ2v) is 7.33. The first kappa shape index (κ1) is 21.1. The number of hydrogen-bond acceptors (Lipinski definition) is 3. The normalized spacial score (nSPS) is 12.7. The minimum absolute atomic E-state index is 0.591. The van der Waals surface area contributed by atoms with Gasteiger partial charge in [0.15, 0.2) is 0 Å². The van der Waals surface area contributed by atoms with Gasteiger partial charge in [-0.15, -0.1) is 0 Å². The summed E-state index contributed by atoms with van der Waals surface area (Å²) in [6.45, 7) is 4.07. The topological polar surface area (TPSA) is 35.5 Å². The maximum atomic E-state index is 11.7. The summed E-state index contributed by atoms with van der Waals surface area (Å²) in [6, 6.07) is 0. The Bertz CT molecular complexity index is 222. The highest BCUT2D eigenvalue weighted by atomic mass is 32.2. The Morgan fingerprint density at radius 3 is 1.86 bits per heavy atom. The average molecular weight is 321 g/mol. The molecule has 0 aliphatic rings. The van der Waals surface area contributed by atoms with Crippen molar-refractivity contribution < 1.29 is 13.7 Å². The van der Waals surface area contributed by atoms with E-state index in [2.05, 4.69) is 6.92 Å². The monoisotopic (exact) mass is 320 g/mol. The number of unbranched alkanes of at least 4 members (excludes halogenated alkanes) is 9. The maximum absolute atomic E-state index is 11.7. The summed E-state index contributed by atoms with van der Waals surface area (Å²) in [5.74, 6) is 1.51. The lowest BCUT2D eigenvalue weighted by Gasteiger charge is -2.04. The third kappa shape index (κ3) is 18.0. The van der Waals surface area contributed by atoms with E-state index in [4.69, 9.17) is 9.47 Å². The van der Waals surface area contributed by atoms with E-state index in [0.717, 1.165) is 12.2 Å². The molecule has 0 bridgehead atoms. The van der Waals surface area contributed by atoms with E-state index in [-0.39, 0.29) is 0 Å². The molecule has 128 valence electrons. The number of rotatable bonds is 17. The van der Waals surface area contributed by atoms with Crippen molar-refractivity contribution in [2.75, 3.05) is 38.4 Å².